The summed E-state index contributed by atoms with van der Waals surface area (Å²) in [6.45, 7) is 3.86. The first-order chi connectivity index (χ1) is 8.97. The summed E-state index contributed by atoms with van der Waals surface area (Å²) in [6, 6.07) is 11.1. The van der Waals surface area contributed by atoms with Gasteiger partial charge in [-0.05, 0) is 65.7 Å². The van der Waals surface area contributed by atoms with Gasteiger partial charge in [-0.3, -0.25) is 4.79 Å². The van der Waals surface area contributed by atoms with E-state index < -0.39 is 0 Å². The van der Waals surface area contributed by atoms with Gasteiger partial charge in [-0.15, -0.1) is 0 Å². The van der Waals surface area contributed by atoms with Crippen molar-refractivity contribution in [3.63, 3.8) is 0 Å². The topological polar surface area (TPSA) is 29.1 Å². The summed E-state index contributed by atoms with van der Waals surface area (Å²) in [5.41, 5.74) is 3.36. The van der Waals surface area contributed by atoms with E-state index in [9.17, 15) is 4.79 Å². The third-order valence-corrected chi connectivity index (χ3v) is 3.73. The fourth-order valence-corrected chi connectivity index (χ4v) is 2.42. The summed E-state index contributed by atoms with van der Waals surface area (Å²) in [7, 11) is 0. The molecule has 2 nitrogen and oxygen atoms in total. The van der Waals surface area contributed by atoms with Crippen LogP contribution in [0.15, 0.2) is 40.9 Å². The summed E-state index contributed by atoms with van der Waals surface area (Å²) < 4.78 is 0.780. The molecule has 0 aliphatic rings. The lowest BCUT2D eigenvalue weighted by molar-refractivity contribution is 0.102. The number of rotatable bonds is 2. The van der Waals surface area contributed by atoms with Crippen molar-refractivity contribution in [2.24, 2.45) is 0 Å². The van der Waals surface area contributed by atoms with E-state index in [-0.39, 0.29) is 5.91 Å². The molecule has 0 aromatic heterocycles. The molecule has 2 aromatic carbocycles. The molecule has 1 amide bonds. The van der Waals surface area contributed by atoms with Crippen LogP contribution in [0.3, 0.4) is 0 Å². The number of carbonyl (C=O) groups excluding carboxylic acids is 1. The lowest BCUT2D eigenvalue weighted by Gasteiger charge is -2.10. The zero-order valence-corrected chi connectivity index (χ0v) is 13.0. The number of hydrogen-bond acceptors (Lipinski definition) is 1. The Hall–Kier alpha value is -1.32. The zero-order chi connectivity index (χ0) is 14.0. The Balaban J connectivity index is 2.28. The van der Waals surface area contributed by atoms with Crippen LogP contribution in [-0.2, 0) is 0 Å². The van der Waals surface area contributed by atoms with Gasteiger partial charge in [-0.1, -0.05) is 23.2 Å². The van der Waals surface area contributed by atoms with Crippen molar-refractivity contribution in [2.75, 3.05) is 5.32 Å². The molecule has 0 saturated heterocycles. The molecule has 0 saturated carbocycles. The molecule has 2 rings (SSSR count). The molecule has 98 valence electrons. The Morgan fingerprint density at radius 1 is 1.16 bits per heavy atom. The second-order valence-electron chi connectivity index (χ2n) is 4.40. The average Bonchev–Trinajstić information content (AvgIpc) is 2.35. The monoisotopic (exact) mass is 337 g/mol. The molecular formula is C15H13BrClNO. The Morgan fingerprint density at radius 2 is 1.89 bits per heavy atom. The second-order valence-corrected chi connectivity index (χ2v) is 5.69. The largest absolute Gasteiger partial charge is 0.322 e. The van der Waals surface area contributed by atoms with E-state index in [1.807, 2.05) is 38.1 Å². The lowest BCUT2D eigenvalue weighted by Crippen LogP contribution is -2.13. The van der Waals surface area contributed by atoms with Crippen molar-refractivity contribution in [1.29, 1.82) is 0 Å². The van der Waals surface area contributed by atoms with Gasteiger partial charge >= 0.3 is 0 Å². The molecule has 0 bridgehead atoms. The quantitative estimate of drug-likeness (QED) is 0.823. The van der Waals surface area contributed by atoms with Crippen LogP contribution in [0.5, 0.6) is 0 Å². The van der Waals surface area contributed by atoms with Crippen molar-refractivity contribution in [1.82, 2.24) is 0 Å². The molecule has 0 spiro atoms. The number of halogens is 2. The van der Waals surface area contributed by atoms with Crippen LogP contribution < -0.4 is 5.32 Å². The van der Waals surface area contributed by atoms with Crippen LogP contribution in [0, 0.1) is 13.8 Å². The maximum absolute atomic E-state index is 12.3. The zero-order valence-electron chi connectivity index (χ0n) is 10.6. The molecule has 0 unspecified atom stereocenters. The second kappa shape index (κ2) is 5.76. The number of carbonyl (C=O) groups is 1. The van der Waals surface area contributed by atoms with Gasteiger partial charge in [-0.2, -0.15) is 0 Å². The van der Waals surface area contributed by atoms with Crippen LogP contribution in [0.4, 0.5) is 5.69 Å². The van der Waals surface area contributed by atoms with Gasteiger partial charge in [0.2, 0.25) is 0 Å². The molecule has 0 aliphatic carbocycles. The Labute approximate surface area is 125 Å². The molecule has 0 atom stereocenters. The number of anilines is 1. The average molecular weight is 339 g/mol. The van der Waals surface area contributed by atoms with Crippen molar-refractivity contribution in [3.8, 4) is 0 Å². The Bertz CT molecular complexity index is 640. The van der Waals surface area contributed by atoms with E-state index in [1.165, 1.54) is 0 Å². The van der Waals surface area contributed by atoms with E-state index in [0.29, 0.717) is 10.6 Å². The molecule has 0 heterocycles. The van der Waals surface area contributed by atoms with Crippen molar-refractivity contribution >= 4 is 39.1 Å². The number of nitrogens with one attached hydrogen (secondary N) is 1. The fraction of sp³-hybridized carbons (Fsp3) is 0.133. The highest BCUT2D eigenvalue weighted by Crippen LogP contribution is 2.23. The number of aryl methyl sites for hydroxylation is 2. The first-order valence-corrected chi connectivity index (χ1v) is 6.98. The summed E-state index contributed by atoms with van der Waals surface area (Å²) >= 11 is 9.29. The molecule has 4 heteroatoms. The third-order valence-electron chi connectivity index (χ3n) is 2.80. The maximum Gasteiger partial charge on any atom is 0.256 e. The lowest BCUT2D eigenvalue weighted by atomic mass is 10.1. The number of benzene rings is 2. The van der Waals surface area contributed by atoms with Gasteiger partial charge in [0.05, 0.1) is 5.56 Å². The van der Waals surface area contributed by atoms with Gasteiger partial charge in [-0.25, -0.2) is 0 Å². The summed E-state index contributed by atoms with van der Waals surface area (Å²) in [4.78, 5) is 12.3. The van der Waals surface area contributed by atoms with E-state index in [0.717, 1.165) is 21.3 Å². The number of hydrogen-bond donors (Lipinski definition) is 1. The third kappa shape index (κ3) is 3.37. The Morgan fingerprint density at radius 3 is 2.58 bits per heavy atom. The van der Waals surface area contributed by atoms with Gasteiger partial charge in [0.15, 0.2) is 0 Å². The first-order valence-electron chi connectivity index (χ1n) is 5.81. The predicted molar refractivity (Wildman–Crippen MR) is 83.0 cm³/mol. The molecule has 0 radical (unpaired) electrons. The van der Waals surface area contributed by atoms with Crippen LogP contribution in [0.1, 0.15) is 21.5 Å². The van der Waals surface area contributed by atoms with E-state index in [4.69, 9.17) is 11.6 Å². The molecule has 1 N–H and O–H groups in total. The molecule has 0 fully saturated rings. The SMILES string of the molecule is Cc1ccc(Br)c(C(=O)Nc2ccc(Cl)cc2C)c1. The van der Waals surface area contributed by atoms with Crippen molar-refractivity contribution < 1.29 is 4.79 Å². The minimum atomic E-state index is -0.138. The highest BCUT2D eigenvalue weighted by molar-refractivity contribution is 9.10. The van der Waals surface area contributed by atoms with Crippen molar-refractivity contribution in [3.05, 3.63) is 62.6 Å². The fourth-order valence-electron chi connectivity index (χ4n) is 1.77. The summed E-state index contributed by atoms with van der Waals surface area (Å²) in [5.74, 6) is -0.138. The number of amides is 1. The van der Waals surface area contributed by atoms with Crippen molar-refractivity contribution in [2.45, 2.75) is 13.8 Å². The normalized spacial score (nSPS) is 10.3. The smallest absolute Gasteiger partial charge is 0.256 e. The summed E-state index contributed by atoms with van der Waals surface area (Å²) in [5, 5.41) is 3.55. The molecule has 2 aromatic rings. The van der Waals surface area contributed by atoms with Gasteiger partial charge in [0.25, 0.3) is 5.91 Å². The molecular weight excluding hydrogens is 326 g/mol. The van der Waals surface area contributed by atoms with Crippen LogP contribution in [-0.4, -0.2) is 5.91 Å². The molecule has 19 heavy (non-hydrogen) atoms. The minimum absolute atomic E-state index is 0.138. The van der Waals surface area contributed by atoms with Gasteiger partial charge in [0.1, 0.15) is 0 Å². The first kappa shape index (κ1) is 14.1. The van der Waals surface area contributed by atoms with Crippen LogP contribution in [0.25, 0.3) is 0 Å². The van der Waals surface area contributed by atoms with E-state index >= 15 is 0 Å². The van der Waals surface area contributed by atoms with E-state index in [1.54, 1.807) is 12.1 Å². The van der Waals surface area contributed by atoms with Gasteiger partial charge < -0.3 is 5.32 Å². The Kier molecular flexibility index (Phi) is 4.27. The van der Waals surface area contributed by atoms with E-state index in [2.05, 4.69) is 21.2 Å². The standard InChI is InChI=1S/C15H13BrClNO/c1-9-3-5-13(16)12(7-9)15(19)18-14-6-4-11(17)8-10(14)2/h3-8H,1-2H3,(H,18,19). The van der Waals surface area contributed by atoms with Crippen LogP contribution in [0.2, 0.25) is 5.02 Å². The summed E-state index contributed by atoms with van der Waals surface area (Å²) in [6.07, 6.45) is 0. The van der Waals surface area contributed by atoms with Gasteiger partial charge in [0, 0.05) is 15.2 Å². The molecule has 0 aliphatic heterocycles. The van der Waals surface area contributed by atoms with Crippen LogP contribution >= 0.6 is 27.5 Å². The predicted octanol–water partition coefficient (Wildman–Crippen LogP) is 4.97. The highest BCUT2D eigenvalue weighted by atomic mass is 79.9. The highest BCUT2D eigenvalue weighted by Gasteiger charge is 2.11. The minimum Gasteiger partial charge on any atom is -0.322 e. The maximum atomic E-state index is 12.3.